The molecule has 80 valence electrons. The first kappa shape index (κ1) is 11.5. The van der Waals surface area contributed by atoms with Crippen LogP contribution in [0.15, 0.2) is 37.1 Å². The number of esters is 1. The van der Waals surface area contributed by atoms with Crippen molar-refractivity contribution in [3.8, 4) is 0 Å². The van der Waals surface area contributed by atoms with Crippen molar-refractivity contribution in [3.05, 3.63) is 48.2 Å². The average Bonchev–Trinajstić information content (AvgIpc) is 2.28. The number of rotatable bonds is 4. The van der Waals surface area contributed by atoms with E-state index >= 15 is 0 Å². The van der Waals surface area contributed by atoms with E-state index in [0.717, 1.165) is 11.8 Å². The van der Waals surface area contributed by atoms with Gasteiger partial charge in [-0.05, 0) is 18.6 Å². The van der Waals surface area contributed by atoms with Crippen molar-refractivity contribution >= 4 is 5.97 Å². The van der Waals surface area contributed by atoms with Gasteiger partial charge in [0.1, 0.15) is 0 Å². The molecule has 1 aromatic rings. The summed E-state index contributed by atoms with van der Waals surface area (Å²) >= 11 is 0. The molecule has 1 aromatic carbocycles. The zero-order valence-electron chi connectivity index (χ0n) is 8.90. The lowest BCUT2D eigenvalue weighted by Crippen LogP contribution is -2.08. The molecule has 0 fully saturated rings. The number of hydrogen-bond donors (Lipinski definition) is 0. The Morgan fingerprint density at radius 2 is 2.13 bits per heavy atom. The molecule has 0 spiro atoms. The molecule has 1 atom stereocenters. The lowest BCUT2D eigenvalue weighted by Gasteiger charge is -2.13. The van der Waals surface area contributed by atoms with E-state index in [1.54, 1.807) is 19.2 Å². The predicted octanol–water partition coefficient (Wildman–Crippen LogP) is 2.69. The first-order valence-corrected chi connectivity index (χ1v) is 4.64. The van der Waals surface area contributed by atoms with E-state index in [2.05, 4.69) is 6.58 Å². The van der Waals surface area contributed by atoms with Crippen molar-refractivity contribution in [2.45, 2.75) is 13.0 Å². The van der Waals surface area contributed by atoms with Gasteiger partial charge >= 0.3 is 5.97 Å². The molecule has 0 radical (unpaired) electrons. The average molecular weight is 206 g/mol. The van der Waals surface area contributed by atoms with Crippen LogP contribution in [0.25, 0.3) is 0 Å². The van der Waals surface area contributed by atoms with E-state index in [9.17, 15) is 4.79 Å². The van der Waals surface area contributed by atoms with Crippen LogP contribution in [0.5, 0.6) is 0 Å². The molecular weight excluding hydrogens is 192 g/mol. The Labute approximate surface area is 89.3 Å². The Hall–Kier alpha value is -1.61. The van der Waals surface area contributed by atoms with Gasteiger partial charge in [-0.25, -0.2) is 4.79 Å². The van der Waals surface area contributed by atoms with Crippen molar-refractivity contribution in [2.75, 3.05) is 7.11 Å². The number of benzene rings is 1. The summed E-state index contributed by atoms with van der Waals surface area (Å²) in [5.74, 6) is -0.412. The highest BCUT2D eigenvalue weighted by atomic mass is 16.5. The third kappa shape index (κ3) is 2.67. The fourth-order valence-corrected chi connectivity index (χ4v) is 1.30. The smallest absolute Gasteiger partial charge is 0.343 e. The van der Waals surface area contributed by atoms with Crippen LogP contribution in [-0.2, 0) is 9.47 Å². The van der Waals surface area contributed by atoms with E-state index in [1.165, 1.54) is 0 Å². The van der Waals surface area contributed by atoms with Gasteiger partial charge in [0, 0.05) is 7.11 Å². The summed E-state index contributed by atoms with van der Waals surface area (Å²) in [6.45, 7) is 5.22. The SMILES string of the molecule is C=COC(=O)c1ccccc1C(C)OC. The molecule has 0 aliphatic heterocycles. The molecule has 3 nitrogen and oxygen atoms in total. The Balaban J connectivity index is 3.05. The van der Waals surface area contributed by atoms with Gasteiger partial charge in [0.2, 0.25) is 0 Å². The van der Waals surface area contributed by atoms with Crippen LogP contribution in [0.3, 0.4) is 0 Å². The quantitative estimate of drug-likeness (QED) is 0.561. The largest absolute Gasteiger partial charge is 0.432 e. The van der Waals surface area contributed by atoms with E-state index in [0.29, 0.717) is 5.56 Å². The Kier molecular flexibility index (Phi) is 4.06. The van der Waals surface area contributed by atoms with Crippen LogP contribution in [-0.4, -0.2) is 13.1 Å². The first-order chi connectivity index (χ1) is 7.20. The van der Waals surface area contributed by atoms with Gasteiger partial charge in [-0.15, -0.1) is 0 Å². The Bertz CT molecular complexity index is 358. The molecule has 0 bridgehead atoms. The summed E-state index contributed by atoms with van der Waals surface area (Å²) in [5, 5.41) is 0. The zero-order valence-corrected chi connectivity index (χ0v) is 8.90. The maximum absolute atomic E-state index is 11.5. The summed E-state index contributed by atoms with van der Waals surface area (Å²) < 4.78 is 9.90. The minimum Gasteiger partial charge on any atom is -0.432 e. The van der Waals surface area contributed by atoms with Gasteiger partial charge in [0.15, 0.2) is 0 Å². The lowest BCUT2D eigenvalue weighted by molar-refractivity contribution is 0.0651. The molecule has 0 heterocycles. The summed E-state index contributed by atoms with van der Waals surface area (Å²) in [4.78, 5) is 11.5. The summed E-state index contributed by atoms with van der Waals surface area (Å²) in [6, 6.07) is 7.19. The fraction of sp³-hybridized carbons (Fsp3) is 0.250. The van der Waals surface area contributed by atoms with Gasteiger partial charge < -0.3 is 9.47 Å². The molecular formula is C12H14O3. The third-order valence-electron chi connectivity index (χ3n) is 2.16. The molecule has 0 aliphatic rings. The lowest BCUT2D eigenvalue weighted by atomic mass is 10.0. The number of ether oxygens (including phenoxy) is 2. The Morgan fingerprint density at radius 1 is 1.47 bits per heavy atom. The molecule has 3 heteroatoms. The van der Waals surface area contributed by atoms with Gasteiger partial charge in [-0.3, -0.25) is 0 Å². The molecule has 0 aromatic heterocycles. The zero-order chi connectivity index (χ0) is 11.3. The summed E-state index contributed by atoms with van der Waals surface area (Å²) in [7, 11) is 1.60. The molecule has 0 amide bonds. The summed E-state index contributed by atoms with van der Waals surface area (Å²) in [6.07, 6.45) is 0.981. The van der Waals surface area contributed by atoms with Crippen LogP contribution in [0.1, 0.15) is 28.9 Å². The van der Waals surface area contributed by atoms with E-state index in [-0.39, 0.29) is 6.10 Å². The molecule has 1 rings (SSSR count). The van der Waals surface area contributed by atoms with Gasteiger partial charge in [-0.2, -0.15) is 0 Å². The van der Waals surface area contributed by atoms with Crippen LogP contribution in [0.4, 0.5) is 0 Å². The third-order valence-corrected chi connectivity index (χ3v) is 2.16. The highest BCUT2D eigenvalue weighted by Gasteiger charge is 2.15. The number of carbonyl (C=O) groups is 1. The Morgan fingerprint density at radius 3 is 2.73 bits per heavy atom. The number of methoxy groups -OCH3 is 1. The maximum Gasteiger partial charge on any atom is 0.343 e. The standard InChI is InChI=1S/C12H14O3/c1-4-15-12(13)11-8-6-5-7-10(11)9(2)14-3/h4-9H,1H2,2-3H3. The van der Waals surface area contributed by atoms with Crippen molar-refractivity contribution < 1.29 is 14.3 Å². The van der Waals surface area contributed by atoms with E-state index in [1.807, 2.05) is 19.1 Å². The second kappa shape index (κ2) is 5.32. The highest BCUT2D eigenvalue weighted by molar-refractivity contribution is 5.91. The minimum absolute atomic E-state index is 0.140. The summed E-state index contributed by atoms with van der Waals surface area (Å²) in [5.41, 5.74) is 1.32. The van der Waals surface area contributed by atoms with Crippen molar-refractivity contribution in [2.24, 2.45) is 0 Å². The highest BCUT2D eigenvalue weighted by Crippen LogP contribution is 2.20. The second-order valence-electron chi connectivity index (χ2n) is 3.04. The van der Waals surface area contributed by atoms with Crippen LogP contribution in [0.2, 0.25) is 0 Å². The van der Waals surface area contributed by atoms with E-state index in [4.69, 9.17) is 9.47 Å². The molecule has 0 aliphatic carbocycles. The van der Waals surface area contributed by atoms with Crippen molar-refractivity contribution in [1.29, 1.82) is 0 Å². The molecule has 0 saturated heterocycles. The van der Waals surface area contributed by atoms with Crippen LogP contribution >= 0.6 is 0 Å². The number of carbonyl (C=O) groups excluding carboxylic acids is 1. The molecule has 1 unspecified atom stereocenters. The topological polar surface area (TPSA) is 35.5 Å². The monoisotopic (exact) mass is 206 g/mol. The van der Waals surface area contributed by atoms with Crippen LogP contribution < -0.4 is 0 Å². The number of hydrogen-bond acceptors (Lipinski definition) is 3. The maximum atomic E-state index is 11.5. The molecule has 0 saturated carbocycles. The van der Waals surface area contributed by atoms with Gasteiger partial charge in [-0.1, -0.05) is 24.8 Å². The normalized spacial score (nSPS) is 11.9. The van der Waals surface area contributed by atoms with Crippen molar-refractivity contribution in [3.63, 3.8) is 0 Å². The molecule has 15 heavy (non-hydrogen) atoms. The van der Waals surface area contributed by atoms with E-state index < -0.39 is 5.97 Å². The second-order valence-corrected chi connectivity index (χ2v) is 3.04. The molecule has 0 N–H and O–H groups in total. The van der Waals surface area contributed by atoms with Gasteiger partial charge in [0.05, 0.1) is 17.9 Å². The predicted molar refractivity (Wildman–Crippen MR) is 57.5 cm³/mol. The van der Waals surface area contributed by atoms with Crippen LogP contribution in [0, 0.1) is 0 Å². The first-order valence-electron chi connectivity index (χ1n) is 4.64. The van der Waals surface area contributed by atoms with Gasteiger partial charge in [0.25, 0.3) is 0 Å². The fourth-order valence-electron chi connectivity index (χ4n) is 1.30. The minimum atomic E-state index is -0.412. The van der Waals surface area contributed by atoms with Crippen molar-refractivity contribution in [1.82, 2.24) is 0 Å².